The average Bonchev–Trinajstić information content (AvgIpc) is 2.92. The van der Waals surface area contributed by atoms with Gasteiger partial charge in [0.1, 0.15) is 5.75 Å². The highest BCUT2D eigenvalue weighted by Crippen LogP contribution is 2.30. The molecule has 0 saturated carbocycles. The van der Waals surface area contributed by atoms with Crippen molar-refractivity contribution in [3.05, 3.63) is 65.9 Å². The number of fused-ring (bicyclic) bond motifs is 1. The van der Waals surface area contributed by atoms with Crippen molar-refractivity contribution in [3.63, 3.8) is 0 Å². The van der Waals surface area contributed by atoms with Crippen LogP contribution in [0.3, 0.4) is 0 Å². The first-order chi connectivity index (χ1) is 9.83. The Kier molecular flexibility index (Phi) is 3.44. The molecular formula is C17H18N2O. The predicted octanol–water partition coefficient (Wildman–Crippen LogP) is 3.49. The van der Waals surface area contributed by atoms with E-state index in [0.717, 1.165) is 11.3 Å². The van der Waals surface area contributed by atoms with Crippen LogP contribution in [0.4, 0.5) is 0 Å². The zero-order valence-electron chi connectivity index (χ0n) is 11.7. The van der Waals surface area contributed by atoms with Crippen molar-refractivity contribution in [1.82, 2.24) is 10.3 Å². The van der Waals surface area contributed by atoms with Gasteiger partial charge in [0.25, 0.3) is 0 Å². The molecule has 0 aliphatic rings. The molecule has 0 amide bonds. The Bertz CT molecular complexity index is 703. The smallest absolute Gasteiger partial charge is 0.119 e. The van der Waals surface area contributed by atoms with Crippen LogP contribution >= 0.6 is 0 Å². The number of ether oxygens (including phenoxy) is 1. The molecule has 3 heteroatoms. The van der Waals surface area contributed by atoms with Gasteiger partial charge in [0.05, 0.1) is 13.2 Å². The standard InChI is InChI=1S/C17H18N2O/c1-18-17(12-6-4-3-5-7-12)15-11-19-16-9-8-13(20-2)10-14(15)16/h3-11,17-19H,1-2H3. The first-order valence-electron chi connectivity index (χ1n) is 6.70. The highest BCUT2D eigenvalue weighted by molar-refractivity contribution is 5.85. The van der Waals surface area contributed by atoms with Gasteiger partial charge >= 0.3 is 0 Å². The molecule has 0 spiro atoms. The summed E-state index contributed by atoms with van der Waals surface area (Å²) in [7, 11) is 3.68. The normalized spacial score (nSPS) is 12.5. The zero-order chi connectivity index (χ0) is 13.9. The number of hydrogen-bond donors (Lipinski definition) is 2. The van der Waals surface area contributed by atoms with Gasteiger partial charge in [-0.1, -0.05) is 30.3 Å². The van der Waals surface area contributed by atoms with E-state index in [0.29, 0.717) is 0 Å². The molecule has 0 saturated heterocycles. The number of benzene rings is 2. The van der Waals surface area contributed by atoms with Crippen LogP contribution in [0.1, 0.15) is 17.2 Å². The molecule has 0 radical (unpaired) electrons. The van der Waals surface area contributed by atoms with E-state index >= 15 is 0 Å². The van der Waals surface area contributed by atoms with Crippen LogP contribution in [0.15, 0.2) is 54.7 Å². The summed E-state index contributed by atoms with van der Waals surface area (Å²) in [5.41, 5.74) is 3.60. The molecule has 0 aliphatic heterocycles. The van der Waals surface area contributed by atoms with Crippen molar-refractivity contribution < 1.29 is 4.74 Å². The highest BCUT2D eigenvalue weighted by atomic mass is 16.5. The third-order valence-electron chi connectivity index (χ3n) is 3.65. The van der Waals surface area contributed by atoms with Gasteiger partial charge in [-0.2, -0.15) is 0 Å². The minimum atomic E-state index is 0.164. The number of methoxy groups -OCH3 is 1. The van der Waals surface area contributed by atoms with Crippen molar-refractivity contribution in [1.29, 1.82) is 0 Å². The summed E-state index contributed by atoms with van der Waals surface area (Å²) >= 11 is 0. The van der Waals surface area contributed by atoms with Crippen LogP contribution in [-0.4, -0.2) is 19.1 Å². The van der Waals surface area contributed by atoms with Crippen molar-refractivity contribution in [2.24, 2.45) is 0 Å². The topological polar surface area (TPSA) is 37.0 Å². The van der Waals surface area contributed by atoms with Gasteiger partial charge in [0, 0.05) is 17.1 Å². The minimum absolute atomic E-state index is 0.164. The SMILES string of the molecule is CNC(c1ccccc1)c1c[nH]c2ccc(OC)cc12. The lowest BCUT2D eigenvalue weighted by atomic mass is 9.98. The number of H-pyrrole nitrogens is 1. The fraction of sp³-hybridized carbons (Fsp3) is 0.176. The summed E-state index contributed by atoms with van der Waals surface area (Å²) < 4.78 is 5.33. The zero-order valence-corrected chi connectivity index (χ0v) is 11.7. The average molecular weight is 266 g/mol. The summed E-state index contributed by atoms with van der Waals surface area (Å²) in [6, 6.07) is 16.7. The van der Waals surface area contributed by atoms with Crippen LogP contribution in [0.25, 0.3) is 10.9 Å². The lowest BCUT2D eigenvalue weighted by Gasteiger charge is -2.16. The monoisotopic (exact) mass is 266 g/mol. The second kappa shape index (κ2) is 5.39. The molecule has 0 bridgehead atoms. The largest absolute Gasteiger partial charge is 0.497 e. The Balaban J connectivity index is 2.12. The van der Waals surface area contributed by atoms with Crippen LogP contribution in [0, 0.1) is 0 Å². The molecule has 1 heterocycles. The molecule has 2 N–H and O–H groups in total. The van der Waals surface area contributed by atoms with Gasteiger partial charge in [-0.15, -0.1) is 0 Å². The molecule has 3 aromatic rings. The van der Waals surface area contributed by atoms with E-state index in [-0.39, 0.29) is 6.04 Å². The molecule has 1 unspecified atom stereocenters. The van der Waals surface area contributed by atoms with Crippen LogP contribution in [0.5, 0.6) is 5.75 Å². The second-order valence-electron chi connectivity index (χ2n) is 4.79. The maximum absolute atomic E-state index is 5.33. The highest BCUT2D eigenvalue weighted by Gasteiger charge is 2.16. The van der Waals surface area contributed by atoms with Gasteiger partial charge in [-0.25, -0.2) is 0 Å². The van der Waals surface area contributed by atoms with Crippen LogP contribution in [0.2, 0.25) is 0 Å². The number of aromatic amines is 1. The maximum Gasteiger partial charge on any atom is 0.119 e. The molecule has 1 atom stereocenters. The van der Waals surface area contributed by atoms with E-state index in [4.69, 9.17) is 4.74 Å². The third kappa shape index (κ3) is 2.17. The Labute approximate surface area is 118 Å². The Morgan fingerprint density at radius 2 is 1.90 bits per heavy atom. The van der Waals surface area contributed by atoms with E-state index < -0.39 is 0 Å². The summed E-state index contributed by atoms with van der Waals surface area (Å²) in [5.74, 6) is 0.876. The minimum Gasteiger partial charge on any atom is -0.497 e. The predicted molar refractivity (Wildman–Crippen MR) is 82.2 cm³/mol. The molecule has 1 aromatic heterocycles. The van der Waals surface area contributed by atoms with Gasteiger partial charge < -0.3 is 15.0 Å². The van der Waals surface area contributed by atoms with Crippen molar-refractivity contribution in [2.75, 3.05) is 14.2 Å². The Hall–Kier alpha value is -2.26. The van der Waals surface area contributed by atoms with Crippen LogP contribution < -0.4 is 10.1 Å². The first-order valence-corrected chi connectivity index (χ1v) is 6.70. The quantitative estimate of drug-likeness (QED) is 0.758. The molecule has 0 fully saturated rings. The van der Waals surface area contributed by atoms with E-state index in [2.05, 4.69) is 52.9 Å². The van der Waals surface area contributed by atoms with E-state index in [1.165, 1.54) is 16.5 Å². The first kappa shape index (κ1) is 12.8. The summed E-state index contributed by atoms with van der Waals surface area (Å²) in [5, 5.41) is 4.58. The molecule has 2 aromatic carbocycles. The molecule has 3 rings (SSSR count). The van der Waals surface area contributed by atoms with Crippen molar-refractivity contribution in [3.8, 4) is 5.75 Å². The third-order valence-corrected chi connectivity index (χ3v) is 3.65. The van der Waals surface area contributed by atoms with E-state index in [1.807, 2.05) is 19.2 Å². The number of hydrogen-bond acceptors (Lipinski definition) is 2. The summed E-state index contributed by atoms with van der Waals surface area (Å²) in [4.78, 5) is 3.33. The van der Waals surface area contributed by atoms with Gasteiger partial charge in [-0.05, 0) is 36.4 Å². The van der Waals surface area contributed by atoms with Crippen molar-refractivity contribution in [2.45, 2.75) is 6.04 Å². The molecule has 102 valence electrons. The second-order valence-corrected chi connectivity index (χ2v) is 4.79. The van der Waals surface area contributed by atoms with Gasteiger partial charge in [0.15, 0.2) is 0 Å². The molecular weight excluding hydrogens is 248 g/mol. The summed E-state index contributed by atoms with van der Waals surface area (Å²) in [6.07, 6.45) is 2.07. The fourth-order valence-corrected chi connectivity index (χ4v) is 2.63. The summed E-state index contributed by atoms with van der Waals surface area (Å²) in [6.45, 7) is 0. The fourth-order valence-electron chi connectivity index (χ4n) is 2.63. The molecule has 20 heavy (non-hydrogen) atoms. The van der Waals surface area contributed by atoms with E-state index in [1.54, 1.807) is 7.11 Å². The lowest BCUT2D eigenvalue weighted by molar-refractivity contribution is 0.415. The Morgan fingerprint density at radius 3 is 2.60 bits per heavy atom. The number of nitrogens with one attached hydrogen (secondary N) is 2. The van der Waals surface area contributed by atoms with Crippen molar-refractivity contribution >= 4 is 10.9 Å². The van der Waals surface area contributed by atoms with E-state index in [9.17, 15) is 0 Å². The number of rotatable bonds is 4. The van der Waals surface area contributed by atoms with Gasteiger partial charge in [0.2, 0.25) is 0 Å². The van der Waals surface area contributed by atoms with Crippen LogP contribution in [-0.2, 0) is 0 Å². The van der Waals surface area contributed by atoms with Gasteiger partial charge in [-0.3, -0.25) is 0 Å². The molecule has 0 aliphatic carbocycles. The molecule has 3 nitrogen and oxygen atoms in total. The number of aromatic nitrogens is 1. The lowest BCUT2D eigenvalue weighted by Crippen LogP contribution is -2.17. The maximum atomic E-state index is 5.33. The Morgan fingerprint density at radius 1 is 1.10 bits per heavy atom.